The smallest absolute Gasteiger partial charge is 0.338 e. The molecule has 0 spiro atoms. The van der Waals surface area contributed by atoms with Gasteiger partial charge in [-0.3, -0.25) is 4.79 Å². The van der Waals surface area contributed by atoms with E-state index < -0.39 is 12.0 Å². The molecule has 3 rings (SSSR count). The monoisotopic (exact) mass is 433 g/mol. The molecule has 0 saturated carbocycles. The van der Waals surface area contributed by atoms with E-state index >= 15 is 0 Å². The summed E-state index contributed by atoms with van der Waals surface area (Å²) < 4.78 is 5.05. The molecule has 29 heavy (non-hydrogen) atoms. The van der Waals surface area contributed by atoms with Crippen molar-refractivity contribution in [2.75, 3.05) is 20.2 Å². The normalized spacial score (nSPS) is 18.2. The zero-order valence-electron chi connectivity index (χ0n) is 16.9. The van der Waals surface area contributed by atoms with Crippen molar-refractivity contribution in [1.29, 1.82) is 0 Å². The number of aliphatic imine (C=N–C) groups is 1. The highest BCUT2D eigenvalue weighted by molar-refractivity contribution is 8.16. The molecule has 0 aliphatic carbocycles. The minimum Gasteiger partial charge on any atom is -0.466 e. The zero-order valence-corrected chi connectivity index (χ0v) is 18.5. The van der Waals surface area contributed by atoms with Crippen LogP contribution in [0.15, 0.2) is 51.6 Å². The lowest BCUT2D eigenvalue weighted by molar-refractivity contribution is -0.136. The Kier molecular flexibility index (Phi) is 6.70. The van der Waals surface area contributed by atoms with Crippen LogP contribution in [-0.4, -0.2) is 47.0 Å². The summed E-state index contributed by atoms with van der Waals surface area (Å²) in [5, 5.41) is 3.30. The Hall–Kier alpha value is -2.25. The lowest BCUT2D eigenvalue weighted by atomic mass is 9.94. The first-order chi connectivity index (χ1) is 13.9. The highest BCUT2D eigenvalue weighted by atomic mass is 35.5. The quantitative estimate of drug-likeness (QED) is 0.624. The SMILES string of the molecule is CCN(CC)C(=O)CC1=CSC2=NC(C)=C(C(=O)OC)C(c3ccc(Cl)cc3)N12. The number of hydrogen-bond acceptors (Lipinski definition) is 6. The van der Waals surface area contributed by atoms with Gasteiger partial charge in [0.25, 0.3) is 0 Å². The lowest BCUT2D eigenvalue weighted by Crippen LogP contribution is -2.38. The number of esters is 1. The Morgan fingerprint density at radius 3 is 2.48 bits per heavy atom. The molecule has 2 aliphatic heterocycles. The van der Waals surface area contributed by atoms with Gasteiger partial charge < -0.3 is 14.5 Å². The highest BCUT2D eigenvalue weighted by Crippen LogP contribution is 2.45. The predicted octanol–water partition coefficient (Wildman–Crippen LogP) is 4.35. The van der Waals surface area contributed by atoms with Gasteiger partial charge in [0, 0.05) is 23.8 Å². The van der Waals surface area contributed by atoms with Crippen LogP contribution in [0.3, 0.4) is 0 Å². The van der Waals surface area contributed by atoms with Gasteiger partial charge in [-0.05, 0) is 43.9 Å². The summed E-state index contributed by atoms with van der Waals surface area (Å²) in [6, 6.07) is 6.93. The van der Waals surface area contributed by atoms with E-state index in [2.05, 4.69) is 4.99 Å². The molecule has 0 fully saturated rings. The van der Waals surface area contributed by atoms with Crippen molar-refractivity contribution in [3.8, 4) is 0 Å². The summed E-state index contributed by atoms with van der Waals surface area (Å²) in [4.78, 5) is 33.8. The Bertz CT molecular complexity index is 904. The van der Waals surface area contributed by atoms with E-state index in [0.29, 0.717) is 29.4 Å². The molecular formula is C21H24ClN3O3S. The number of carbonyl (C=O) groups is 2. The van der Waals surface area contributed by atoms with Gasteiger partial charge >= 0.3 is 5.97 Å². The van der Waals surface area contributed by atoms with Crippen LogP contribution in [0.5, 0.6) is 0 Å². The average Bonchev–Trinajstić information content (AvgIpc) is 3.10. The second-order valence-corrected chi connectivity index (χ2v) is 7.95. The summed E-state index contributed by atoms with van der Waals surface area (Å²) in [5.41, 5.74) is 2.77. The van der Waals surface area contributed by atoms with Gasteiger partial charge in [-0.25, -0.2) is 9.79 Å². The van der Waals surface area contributed by atoms with Crippen LogP contribution in [0, 0.1) is 0 Å². The van der Waals surface area contributed by atoms with Gasteiger partial charge in [0.05, 0.1) is 30.8 Å². The summed E-state index contributed by atoms with van der Waals surface area (Å²) in [6.07, 6.45) is 0.241. The predicted molar refractivity (Wildman–Crippen MR) is 116 cm³/mol. The molecule has 8 heteroatoms. The van der Waals surface area contributed by atoms with Crippen LogP contribution in [0.2, 0.25) is 5.02 Å². The number of ether oxygens (including phenoxy) is 1. The third-order valence-corrected chi connectivity index (χ3v) is 6.18. The van der Waals surface area contributed by atoms with Gasteiger partial charge in [-0.1, -0.05) is 35.5 Å². The zero-order chi connectivity index (χ0) is 21.1. The molecule has 0 saturated heterocycles. The number of amides is 1. The summed E-state index contributed by atoms with van der Waals surface area (Å²) in [6.45, 7) is 7.04. The molecule has 154 valence electrons. The summed E-state index contributed by atoms with van der Waals surface area (Å²) >= 11 is 7.54. The van der Waals surface area contributed by atoms with Crippen molar-refractivity contribution in [3.05, 3.63) is 57.2 Å². The number of methoxy groups -OCH3 is 1. The maximum Gasteiger partial charge on any atom is 0.338 e. The largest absolute Gasteiger partial charge is 0.466 e. The Morgan fingerprint density at radius 1 is 1.24 bits per heavy atom. The number of hydrogen-bond donors (Lipinski definition) is 0. The van der Waals surface area contributed by atoms with E-state index in [0.717, 1.165) is 16.4 Å². The molecule has 2 aliphatic rings. The van der Waals surface area contributed by atoms with E-state index in [1.165, 1.54) is 18.9 Å². The third kappa shape index (κ3) is 4.21. The van der Waals surface area contributed by atoms with Gasteiger partial charge in [0.15, 0.2) is 5.17 Å². The van der Waals surface area contributed by atoms with Crippen molar-refractivity contribution in [1.82, 2.24) is 9.80 Å². The first-order valence-corrected chi connectivity index (χ1v) is 10.7. The van der Waals surface area contributed by atoms with Crippen molar-refractivity contribution in [2.45, 2.75) is 33.2 Å². The minimum absolute atomic E-state index is 0.0452. The topological polar surface area (TPSA) is 62.2 Å². The highest BCUT2D eigenvalue weighted by Gasteiger charge is 2.41. The number of rotatable bonds is 6. The molecule has 1 aromatic rings. The molecule has 0 N–H and O–H groups in total. The number of fused-ring (bicyclic) bond motifs is 1. The molecular weight excluding hydrogens is 410 g/mol. The summed E-state index contributed by atoms with van der Waals surface area (Å²) in [5.74, 6) is -0.389. The van der Waals surface area contributed by atoms with Gasteiger partial charge in [-0.15, -0.1) is 0 Å². The lowest BCUT2D eigenvalue weighted by Gasteiger charge is -2.36. The number of halogens is 1. The van der Waals surface area contributed by atoms with Crippen LogP contribution in [0.4, 0.5) is 0 Å². The molecule has 2 heterocycles. The molecule has 6 nitrogen and oxygen atoms in total. The van der Waals surface area contributed by atoms with Crippen LogP contribution in [-0.2, 0) is 14.3 Å². The fraction of sp³-hybridized carbons (Fsp3) is 0.381. The van der Waals surface area contributed by atoms with Crippen LogP contribution < -0.4 is 0 Å². The molecule has 0 bridgehead atoms. The van der Waals surface area contributed by atoms with Crippen molar-refractivity contribution >= 4 is 40.4 Å². The fourth-order valence-electron chi connectivity index (χ4n) is 3.54. The molecule has 1 atom stereocenters. The third-order valence-electron chi connectivity index (χ3n) is 5.04. The molecule has 1 aromatic carbocycles. The van der Waals surface area contributed by atoms with Gasteiger partial charge in [-0.2, -0.15) is 0 Å². The van der Waals surface area contributed by atoms with Gasteiger partial charge in [0.1, 0.15) is 0 Å². The Labute approximate surface area is 180 Å². The first-order valence-electron chi connectivity index (χ1n) is 9.47. The minimum atomic E-state index is -0.434. The van der Waals surface area contributed by atoms with E-state index in [1.54, 1.807) is 24.0 Å². The Morgan fingerprint density at radius 2 is 1.90 bits per heavy atom. The van der Waals surface area contributed by atoms with Crippen LogP contribution >= 0.6 is 23.4 Å². The second kappa shape index (κ2) is 9.05. The van der Waals surface area contributed by atoms with Crippen molar-refractivity contribution < 1.29 is 14.3 Å². The number of carbonyl (C=O) groups excluding carboxylic acids is 2. The fourth-order valence-corrected chi connectivity index (χ4v) is 4.63. The Balaban J connectivity index is 2.03. The van der Waals surface area contributed by atoms with E-state index in [9.17, 15) is 9.59 Å². The van der Waals surface area contributed by atoms with E-state index in [4.69, 9.17) is 16.3 Å². The van der Waals surface area contributed by atoms with Crippen LogP contribution in [0.1, 0.15) is 38.8 Å². The average molecular weight is 434 g/mol. The van der Waals surface area contributed by atoms with Crippen LogP contribution in [0.25, 0.3) is 0 Å². The van der Waals surface area contributed by atoms with Crippen molar-refractivity contribution in [3.63, 3.8) is 0 Å². The number of benzene rings is 1. The summed E-state index contributed by atoms with van der Waals surface area (Å²) in [7, 11) is 1.36. The van der Waals surface area contributed by atoms with Gasteiger partial charge in [0.2, 0.25) is 5.91 Å². The first kappa shape index (κ1) is 21.5. The van der Waals surface area contributed by atoms with E-state index in [1.807, 2.05) is 36.3 Å². The number of nitrogens with zero attached hydrogens (tertiary/aromatic N) is 3. The number of amidine groups is 1. The number of allylic oxidation sites excluding steroid dienone is 1. The standard InChI is InChI=1S/C21H24ClN3O3S/c1-5-24(6-2)17(26)11-16-12-29-21-23-13(3)18(20(27)28-4)19(25(16)21)14-7-9-15(22)10-8-14/h7-10,12,19H,5-6,11H2,1-4H3. The second-order valence-electron chi connectivity index (χ2n) is 6.68. The molecule has 1 amide bonds. The van der Waals surface area contributed by atoms with E-state index in [-0.39, 0.29) is 12.3 Å². The maximum absolute atomic E-state index is 12.7. The molecule has 0 aromatic heterocycles. The molecule has 1 unspecified atom stereocenters. The number of thioether (sulfide) groups is 1. The van der Waals surface area contributed by atoms with Crippen molar-refractivity contribution in [2.24, 2.45) is 4.99 Å². The molecule has 0 radical (unpaired) electrons. The maximum atomic E-state index is 12.7.